The highest BCUT2D eigenvalue weighted by Crippen LogP contribution is 2.38. The average Bonchev–Trinajstić information content (AvgIpc) is 3.02. The maximum atomic E-state index is 14.3. The van der Waals surface area contributed by atoms with E-state index in [4.69, 9.17) is 11.6 Å². The Hall–Kier alpha value is -4.35. The molecular weight excluding hydrogens is 627 g/mol. The van der Waals surface area contributed by atoms with Crippen LogP contribution in [0.5, 0.6) is 0 Å². The summed E-state index contributed by atoms with van der Waals surface area (Å²) in [5.74, 6) is -1.30. The van der Waals surface area contributed by atoms with E-state index >= 15 is 0 Å². The van der Waals surface area contributed by atoms with E-state index in [1.165, 1.54) is 36.2 Å². The quantitative estimate of drug-likeness (QED) is 0.207. The van der Waals surface area contributed by atoms with Crippen LogP contribution in [0.25, 0.3) is 0 Å². The maximum absolute atomic E-state index is 14.3. The number of likely N-dealkylation sites (N-methyl/N-ethyl adjacent to an activating group) is 1. The second-order valence-electron chi connectivity index (χ2n) is 10.3. The summed E-state index contributed by atoms with van der Waals surface area (Å²) in [6.07, 6.45) is -4.79. The van der Waals surface area contributed by atoms with Crippen molar-refractivity contribution in [1.82, 2.24) is 10.2 Å². The van der Waals surface area contributed by atoms with Crippen molar-refractivity contribution in [3.8, 4) is 0 Å². The van der Waals surface area contributed by atoms with Crippen LogP contribution in [-0.4, -0.2) is 44.8 Å². The van der Waals surface area contributed by atoms with Gasteiger partial charge >= 0.3 is 6.18 Å². The average molecular weight is 658 g/mol. The number of hydrogen-bond acceptors (Lipinski definition) is 4. The monoisotopic (exact) mass is 657 g/mol. The summed E-state index contributed by atoms with van der Waals surface area (Å²) in [6.45, 7) is 0.872. The Bertz CT molecular complexity index is 1750. The van der Waals surface area contributed by atoms with Gasteiger partial charge in [-0.15, -0.1) is 0 Å². The van der Waals surface area contributed by atoms with Gasteiger partial charge in [-0.3, -0.25) is 13.9 Å². The lowest BCUT2D eigenvalue weighted by Crippen LogP contribution is -2.53. The minimum atomic E-state index is -4.89. The lowest BCUT2D eigenvalue weighted by atomic mass is 10.0. The molecular formula is C33H31ClF3N3O4S. The molecule has 236 valence electrons. The van der Waals surface area contributed by atoms with Gasteiger partial charge in [-0.05, 0) is 53.9 Å². The smallest absolute Gasteiger partial charge is 0.357 e. The topological polar surface area (TPSA) is 86.8 Å². The predicted molar refractivity (Wildman–Crippen MR) is 167 cm³/mol. The Kier molecular flexibility index (Phi) is 10.6. The Morgan fingerprint density at radius 3 is 2.09 bits per heavy atom. The summed E-state index contributed by atoms with van der Waals surface area (Å²) < 4.78 is 70.1. The van der Waals surface area contributed by atoms with Crippen molar-refractivity contribution < 1.29 is 31.2 Å². The molecule has 0 aliphatic carbocycles. The second kappa shape index (κ2) is 14.2. The number of anilines is 1. The molecule has 0 saturated carbocycles. The fourth-order valence-electron chi connectivity index (χ4n) is 4.83. The normalized spacial score (nSPS) is 12.3. The van der Waals surface area contributed by atoms with Crippen LogP contribution in [0.4, 0.5) is 18.9 Å². The van der Waals surface area contributed by atoms with Crippen molar-refractivity contribution in [3.63, 3.8) is 0 Å². The standard InChI is InChI=1S/C33H31ClF3N3O4S/c1-23-11-9-10-14-25(23)21-39(30(32(42)38-2)19-24-12-5-3-6-13-24)31(41)22-40(45(43,44)27-15-7-4-8-16-27)26-17-18-29(34)28(20-26)33(35,36)37/h3-18,20,30H,19,21-22H2,1-2H3,(H,38,42). The van der Waals surface area contributed by atoms with E-state index in [2.05, 4.69) is 5.32 Å². The number of benzene rings is 4. The molecule has 2 amide bonds. The van der Waals surface area contributed by atoms with Gasteiger partial charge in [0.2, 0.25) is 11.8 Å². The lowest BCUT2D eigenvalue weighted by molar-refractivity contribution is -0.139. The van der Waals surface area contributed by atoms with E-state index in [-0.39, 0.29) is 17.9 Å². The molecule has 1 N–H and O–H groups in total. The van der Waals surface area contributed by atoms with Gasteiger partial charge in [0.25, 0.3) is 10.0 Å². The van der Waals surface area contributed by atoms with Crippen molar-refractivity contribution in [1.29, 1.82) is 0 Å². The van der Waals surface area contributed by atoms with Gasteiger partial charge in [-0.2, -0.15) is 13.2 Å². The number of rotatable bonds is 11. The summed E-state index contributed by atoms with van der Waals surface area (Å²) in [5, 5.41) is 1.96. The zero-order valence-corrected chi connectivity index (χ0v) is 26.0. The van der Waals surface area contributed by atoms with Crippen LogP contribution in [0.15, 0.2) is 108 Å². The van der Waals surface area contributed by atoms with Gasteiger partial charge in [0.05, 0.1) is 21.2 Å². The number of nitrogens with one attached hydrogen (secondary N) is 1. The molecule has 0 aliphatic rings. The summed E-state index contributed by atoms with van der Waals surface area (Å²) in [4.78, 5) is 28.7. The van der Waals surface area contributed by atoms with Gasteiger partial charge in [-0.1, -0.05) is 84.4 Å². The Balaban J connectivity index is 1.85. The number of aryl methyl sites for hydroxylation is 1. The number of carbonyl (C=O) groups excluding carboxylic acids is 2. The minimum Gasteiger partial charge on any atom is -0.357 e. The van der Waals surface area contributed by atoms with Crippen molar-refractivity contribution in [2.45, 2.75) is 37.0 Å². The maximum Gasteiger partial charge on any atom is 0.417 e. The molecule has 0 spiro atoms. The van der Waals surface area contributed by atoms with Crippen LogP contribution in [-0.2, 0) is 38.8 Å². The first-order valence-electron chi connectivity index (χ1n) is 13.9. The first-order valence-corrected chi connectivity index (χ1v) is 15.7. The zero-order valence-electron chi connectivity index (χ0n) is 24.5. The predicted octanol–water partition coefficient (Wildman–Crippen LogP) is 6.25. The van der Waals surface area contributed by atoms with Crippen molar-refractivity contribution in [3.05, 3.63) is 130 Å². The molecule has 4 rings (SSSR count). The first-order chi connectivity index (χ1) is 21.3. The van der Waals surface area contributed by atoms with Crippen LogP contribution in [0.1, 0.15) is 22.3 Å². The molecule has 0 aliphatic heterocycles. The first kappa shape index (κ1) is 33.5. The Morgan fingerprint density at radius 2 is 1.49 bits per heavy atom. The molecule has 0 aromatic heterocycles. The highest BCUT2D eigenvalue weighted by molar-refractivity contribution is 7.92. The molecule has 0 heterocycles. The highest BCUT2D eigenvalue weighted by Gasteiger charge is 2.37. The van der Waals surface area contributed by atoms with E-state index in [1.807, 2.05) is 25.1 Å². The van der Waals surface area contributed by atoms with Crippen molar-refractivity contribution in [2.75, 3.05) is 17.9 Å². The molecule has 45 heavy (non-hydrogen) atoms. The van der Waals surface area contributed by atoms with E-state index in [9.17, 15) is 31.2 Å². The number of nitrogens with zero attached hydrogens (tertiary/aromatic N) is 2. The Labute approximate surface area is 265 Å². The lowest BCUT2D eigenvalue weighted by Gasteiger charge is -2.34. The van der Waals surface area contributed by atoms with E-state index in [1.54, 1.807) is 42.5 Å². The number of carbonyl (C=O) groups is 2. The van der Waals surface area contributed by atoms with Gasteiger partial charge < -0.3 is 10.2 Å². The molecule has 0 fully saturated rings. The van der Waals surface area contributed by atoms with Crippen LogP contribution < -0.4 is 9.62 Å². The van der Waals surface area contributed by atoms with E-state index < -0.39 is 56.9 Å². The van der Waals surface area contributed by atoms with Crippen LogP contribution in [0.2, 0.25) is 5.02 Å². The van der Waals surface area contributed by atoms with Gasteiger partial charge in [-0.25, -0.2) is 8.42 Å². The van der Waals surface area contributed by atoms with Gasteiger partial charge in [0, 0.05) is 20.0 Å². The summed E-state index contributed by atoms with van der Waals surface area (Å²) in [6, 6.07) is 24.8. The molecule has 4 aromatic carbocycles. The number of alkyl halides is 3. The molecule has 7 nitrogen and oxygen atoms in total. The number of amides is 2. The minimum absolute atomic E-state index is 0.0654. The largest absolute Gasteiger partial charge is 0.417 e. The van der Waals surface area contributed by atoms with Gasteiger partial charge in [0.15, 0.2) is 0 Å². The number of halogens is 4. The highest BCUT2D eigenvalue weighted by atomic mass is 35.5. The van der Waals surface area contributed by atoms with Crippen LogP contribution in [0.3, 0.4) is 0 Å². The van der Waals surface area contributed by atoms with Crippen LogP contribution >= 0.6 is 11.6 Å². The summed E-state index contributed by atoms with van der Waals surface area (Å²) >= 11 is 5.84. The fraction of sp³-hybridized carbons (Fsp3) is 0.212. The Morgan fingerprint density at radius 1 is 0.889 bits per heavy atom. The molecule has 1 unspecified atom stereocenters. The van der Waals surface area contributed by atoms with E-state index in [0.717, 1.165) is 23.3 Å². The van der Waals surface area contributed by atoms with Gasteiger partial charge in [0.1, 0.15) is 12.6 Å². The molecule has 0 radical (unpaired) electrons. The fourth-order valence-corrected chi connectivity index (χ4v) is 6.48. The number of hydrogen-bond donors (Lipinski definition) is 1. The van der Waals surface area contributed by atoms with Crippen LogP contribution in [0, 0.1) is 6.92 Å². The molecule has 1 atom stereocenters. The third kappa shape index (κ3) is 8.03. The molecule has 12 heteroatoms. The third-order valence-electron chi connectivity index (χ3n) is 7.27. The summed E-state index contributed by atoms with van der Waals surface area (Å²) in [7, 11) is -3.15. The van der Waals surface area contributed by atoms with Crippen molar-refractivity contribution >= 4 is 39.1 Å². The zero-order chi connectivity index (χ0) is 32.8. The molecule has 0 saturated heterocycles. The van der Waals surface area contributed by atoms with Crippen molar-refractivity contribution in [2.24, 2.45) is 0 Å². The SMILES string of the molecule is CNC(=O)C(Cc1ccccc1)N(Cc1ccccc1C)C(=O)CN(c1ccc(Cl)c(C(F)(F)F)c1)S(=O)(=O)c1ccccc1. The third-order valence-corrected chi connectivity index (χ3v) is 9.39. The summed E-state index contributed by atoms with van der Waals surface area (Å²) in [5.41, 5.74) is 0.601. The second-order valence-corrected chi connectivity index (χ2v) is 12.5. The molecule has 0 bridgehead atoms. The van der Waals surface area contributed by atoms with E-state index in [0.29, 0.717) is 15.9 Å². The molecule has 4 aromatic rings. The number of sulfonamides is 1.